The van der Waals surface area contributed by atoms with Gasteiger partial charge in [0.2, 0.25) is 0 Å². The molecular weight excluding hydrogens is 459 g/mol. The Balaban J connectivity index is 1.27. The quantitative estimate of drug-likeness (QED) is 0.500. The minimum absolute atomic E-state index is 0.0622. The fourth-order valence-corrected chi connectivity index (χ4v) is 4.51. The van der Waals surface area contributed by atoms with Crippen molar-refractivity contribution in [3.05, 3.63) is 69.8 Å². The van der Waals surface area contributed by atoms with Crippen LogP contribution in [0.3, 0.4) is 0 Å². The second kappa shape index (κ2) is 10.5. The molecule has 0 unspecified atom stereocenters. The van der Waals surface area contributed by atoms with Crippen molar-refractivity contribution in [2.24, 2.45) is 0 Å². The summed E-state index contributed by atoms with van der Waals surface area (Å²) in [5.41, 5.74) is 4.42. The van der Waals surface area contributed by atoms with Gasteiger partial charge in [-0.15, -0.1) is 0 Å². The number of nitrogens with zero attached hydrogens (tertiary/aromatic N) is 2. The van der Waals surface area contributed by atoms with Crippen LogP contribution < -0.4 is 15.0 Å². The third-order valence-electron chi connectivity index (χ3n) is 6.02. The number of hydrogen-bond acceptors (Lipinski definition) is 4. The number of aromatic amines is 1. The maximum atomic E-state index is 12.8. The van der Waals surface area contributed by atoms with Gasteiger partial charge in [0.15, 0.2) is 0 Å². The number of amides is 1. The molecule has 6 nitrogen and oxygen atoms in total. The molecule has 1 aromatic heterocycles. The Labute approximate surface area is 204 Å². The molecule has 2 N–H and O–H groups in total. The summed E-state index contributed by atoms with van der Waals surface area (Å²) < 4.78 is 5.21. The molecule has 2 aromatic carbocycles. The highest BCUT2D eigenvalue weighted by Crippen LogP contribution is 2.32. The molecule has 1 amide bonds. The maximum Gasteiger partial charge on any atom is 0.253 e. The first-order valence-corrected chi connectivity index (χ1v) is 11.8. The van der Waals surface area contributed by atoms with Gasteiger partial charge < -0.3 is 19.9 Å². The van der Waals surface area contributed by atoms with Crippen LogP contribution in [0.15, 0.2) is 48.5 Å². The Morgan fingerprint density at radius 1 is 1.09 bits per heavy atom. The van der Waals surface area contributed by atoms with Crippen LogP contribution in [0, 0.1) is 6.92 Å². The van der Waals surface area contributed by atoms with Crippen LogP contribution in [0.25, 0.3) is 11.3 Å². The number of aryl methyl sites for hydroxylation is 1. The third kappa shape index (κ3) is 5.46. The maximum absolute atomic E-state index is 12.8. The number of ether oxygens (including phenoxy) is 1. The number of halogens is 2. The number of anilines is 1. The topological polar surface area (TPSA) is 60.6 Å². The van der Waals surface area contributed by atoms with Crippen molar-refractivity contribution in [3.63, 3.8) is 0 Å². The molecule has 0 radical (unpaired) electrons. The Morgan fingerprint density at radius 2 is 1.82 bits per heavy atom. The van der Waals surface area contributed by atoms with Crippen LogP contribution in [0.5, 0.6) is 5.75 Å². The molecule has 2 heterocycles. The first-order valence-electron chi connectivity index (χ1n) is 11.0. The molecule has 174 valence electrons. The summed E-state index contributed by atoms with van der Waals surface area (Å²) in [6.45, 7) is 6.87. The summed E-state index contributed by atoms with van der Waals surface area (Å²) in [4.78, 5) is 20.7. The van der Waals surface area contributed by atoms with E-state index in [0.717, 1.165) is 61.1 Å². The smallest absolute Gasteiger partial charge is 0.253 e. The molecule has 1 aliphatic heterocycles. The van der Waals surface area contributed by atoms with Gasteiger partial charge in [0.25, 0.3) is 5.91 Å². The average molecular weight is 487 g/mol. The predicted molar refractivity (Wildman–Crippen MR) is 135 cm³/mol. The molecule has 0 aliphatic carbocycles. The first kappa shape index (κ1) is 23.5. The highest BCUT2D eigenvalue weighted by atomic mass is 35.5. The van der Waals surface area contributed by atoms with Crippen LogP contribution in [0.4, 0.5) is 5.69 Å². The minimum Gasteiger partial charge on any atom is -0.497 e. The van der Waals surface area contributed by atoms with E-state index in [9.17, 15) is 4.79 Å². The number of benzene rings is 2. The zero-order valence-electron chi connectivity index (χ0n) is 18.8. The van der Waals surface area contributed by atoms with E-state index in [4.69, 9.17) is 27.9 Å². The highest BCUT2D eigenvalue weighted by Gasteiger charge is 2.20. The van der Waals surface area contributed by atoms with Crippen molar-refractivity contribution in [1.29, 1.82) is 0 Å². The van der Waals surface area contributed by atoms with E-state index in [1.165, 1.54) is 0 Å². The lowest BCUT2D eigenvalue weighted by atomic mass is 10.1. The van der Waals surface area contributed by atoms with E-state index in [0.29, 0.717) is 22.2 Å². The number of piperazine rings is 1. The Hall–Kier alpha value is -2.67. The van der Waals surface area contributed by atoms with Gasteiger partial charge in [-0.3, -0.25) is 9.69 Å². The molecule has 3 aromatic rings. The summed E-state index contributed by atoms with van der Waals surface area (Å²) in [6.07, 6.45) is 0. The summed E-state index contributed by atoms with van der Waals surface area (Å²) in [7, 11) is 1.64. The number of H-pyrrole nitrogens is 1. The molecule has 1 saturated heterocycles. The van der Waals surface area contributed by atoms with E-state index in [1.807, 2.05) is 49.4 Å². The monoisotopic (exact) mass is 486 g/mol. The lowest BCUT2D eigenvalue weighted by molar-refractivity contribution is 0.0947. The molecule has 0 spiro atoms. The van der Waals surface area contributed by atoms with Crippen molar-refractivity contribution < 1.29 is 9.53 Å². The summed E-state index contributed by atoms with van der Waals surface area (Å²) >= 11 is 12.5. The Bertz CT molecular complexity index is 1110. The molecule has 0 bridgehead atoms. The van der Waals surface area contributed by atoms with Crippen LogP contribution in [-0.4, -0.2) is 62.2 Å². The number of rotatable bonds is 7. The van der Waals surface area contributed by atoms with E-state index in [-0.39, 0.29) is 5.91 Å². The van der Waals surface area contributed by atoms with Gasteiger partial charge in [0.05, 0.1) is 28.4 Å². The zero-order valence-corrected chi connectivity index (χ0v) is 20.3. The molecule has 0 atom stereocenters. The van der Waals surface area contributed by atoms with E-state index < -0.39 is 0 Å². The van der Waals surface area contributed by atoms with Crippen molar-refractivity contribution in [2.75, 3.05) is 51.3 Å². The molecule has 1 fully saturated rings. The predicted octanol–water partition coefficient (Wildman–Crippen LogP) is 4.86. The van der Waals surface area contributed by atoms with E-state index in [1.54, 1.807) is 13.2 Å². The molecule has 1 aliphatic rings. The normalized spacial score (nSPS) is 14.4. The van der Waals surface area contributed by atoms with Crippen molar-refractivity contribution in [3.8, 4) is 17.0 Å². The highest BCUT2D eigenvalue weighted by molar-refractivity contribution is 6.43. The van der Waals surface area contributed by atoms with Crippen LogP contribution in [-0.2, 0) is 0 Å². The van der Waals surface area contributed by atoms with Gasteiger partial charge in [-0.1, -0.05) is 29.3 Å². The SMILES string of the molecule is COc1ccc(-c2cc(C(=O)NCCN3CCN(c4cccc(Cl)c4Cl)CC3)c(C)[nH]2)cc1. The molecule has 33 heavy (non-hydrogen) atoms. The third-order valence-corrected chi connectivity index (χ3v) is 6.83. The number of carbonyl (C=O) groups excluding carboxylic acids is 1. The lowest BCUT2D eigenvalue weighted by Crippen LogP contribution is -2.48. The van der Waals surface area contributed by atoms with E-state index >= 15 is 0 Å². The van der Waals surface area contributed by atoms with Crippen molar-refractivity contribution >= 4 is 34.8 Å². The fourth-order valence-electron chi connectivity index (χ4n) is 4.09. The number of methoxy groups -OCH3 is 1. The van der Waals surface area contributed by atoms with Crippen LogP contribution in [0.2, 0.25) is 10.0 Å². The molecular formula is C25H28Cl2N4O2. The average Bonchev–Trinajstić information content (AvgIpc) is 3.23. The van der Waals surface area contributed by atoms with Crippen molar-refractivity contribution in [2.45, 2.75) is 6.92 Å². The van der Waals surface area contributed by atoms with Gasteiger partial charge >= 0.3 is 0 Å². The minimum atomic E-state index is -0.0622. The molecule has 0 saturated carbocycles. The summed E-state index contributed by atoms with van der Waals surface area (Å²) in [5.74, 6) is 0.740. The van der Waals surface area contributed by atoms with Gasteiger partial charge in [-0.2, -0.15) is 0 Å². The molecule has 4 rings (SSSR count). The number of hydrogen-bond donors (Lipinski definition) is 2. The molecule has 8 heteroatoms. The number of aromatic nitrogens is 1. The fraction of sp³-hybridized carbons (Fsp3) is 0.320. The lowest BCUT2D eigenvalue weighted by Gasteiger charge is -2.36. The van der Waals surface area contributed by atoms with Crippen LogP contribution in [0.1, 0.15) is 16.1 Å². The van der Waals surface area contributed by atoms with Gasteiger partial charge in [0, 0.05) is 50.7 Å². The number of nitrogens with one attached hydrogen (secondary N) is 2. The first-order chi connectivity index (χ1) is 16.0. The van der Waals surface area contributed by atoms with Crippen molar-refractivity contribution in [1.82, 2.24) is 15.2 Å². The standard InChI is InChI=1S/C25H28Cl2N4O2/c1-17-20(16-22(29-17)18-6-8-19(33-2)9-7-18)25(32)28-10-11-30-12-14-31(15-13-30)23-5-3-4-21(26)24(23)27/h3-9,16,29H,10-15H2,1-2H3,(H,28,32). The second-order valence-electron chi connectivity index (χ2n) is 8.11. The summed E-state index contributed by atoms with van der Waals surface area (Å²) in [6, 6.07) is 15.4. The summed E-state index contributed by atoms with van der Waals surface area (Å²) in [5, 5.41) is 4.24. The van der Waals surface area contributed by atoms with Gasteiger partial charge in [-0.05, 0) is 55.0 Å². The Morgan fingerprint density at radius 3 is 2.52 bits per heavy atom. The largest absolute Gasteiger partial charge is 0.497 e. The van der Waals surface area contributed by atoms with E-state index in [2.05, 4.69) is 20.1 Å². The zero-order chi connectivity index (χ0) is 23.4. The van der Waals surface area contributed by atoms with Crippen LogP contribution >= 0.6 is 23.2 Å². The number of carbonyl (C=O) groups is 1. The van der Waals surface area contributed by atoms with Gasteiger partial charge in [0.1, 0.15) is 5.75 Å². The Kier molecular flexibility index (Phi) is 7.48. The van der Waals surface area contributed by atoms with Gasteiger partial charge in [-0.25, -0.2) is 0 Å². The second-order valence-corrected chi connectivity index (χ2v) is 8.89.